The normalized spacial score (nSPS) is 15.4. The molecule has 1 aliphatic rings. The fraction of sp³-hybridized carbons (Fsp3) is 0.212. The first-order valence-electron chi connectivity index (χ1n) is 12.7. The second-order valence-corrected chi connectivity index (χ2v) is 12.9. The van der Waals surface area contributed by atoms with Crippen molar-refractivity contribution in [2.75, 3.05) is 0 Å². The summed E-state index contributed by atoms with van der Waals surface area (Å²) in [4.78, 5) is 0. The van der Waals surface area contributed by atoms with E-state index in [9.17, 15) is 0 Å². The smallest absolute Gasteiger partial charge is 0.726 e. The van der Waals surface area contributed by atoms with Gasteiger partial charge in [-0.05, 0) is 61.5 Å². The average molecular weight is 585 g/mol. The summed E-state index contributed by atoms with van der Waals surface area (Å²) < 4.78 is 32.8. The third kappa shape index (κ3) is 13.1. The molecule has 0 unspecified atom stereocenters. The number of hydrogen-bond acceptors (Lipinski definition) is 3. The van der Waals surface area contributed by atoms with Gasteiger partial charge in [0.05, 0.1) is 0 Å². The minimum absolute atomic E-state index is 0. The van der Waals surface area contributed by atoms with Crippen molar-refractivity contribution in [3.05, 3.63) is 139 Å². The molecule has 3 aromatic rings. The zero-order valence-electron chi connectivity index (χ0n) is 24.1. The summed E-state index contributed by atoms with van der Waals surface area (Å²) in [6, 6.07) is 32.3. The second kappa shape index (κ2) is 17.7. The van der Waals surface area contributed by atoms with Gasteiger partial charge in [-0.25, -0.2) is 8.42 Å². The van der Waals surface area contributed by atoms with Crippen LogP contribution < -0.4 is 45.5 Å². The Balaban J connectivity index is 0.000000343. The van der Waals surface area contributed by atoms with Crippen molar-refractivity contribution in [3.63, 3.8) is 0 Å². The molecule has 0 saturated heterocycles. The molecule has 0 radical (unpaired) electrons. The van der Waals surface area contributed by atoms with Crippen LogP contribution in [-0.4, -0.2) is 17.5 Å². The van der Waals surface area contributed by atoms with Crippen LogP contribution in [0.2, 0.25) is 0 Å². The Kier molecular flexibility index (Phi) is 15.9. The van der Waals surface area contributed by atoms with Gasteiger partial charge in [0.25, 0.3) is 0 Å². The largest absolute Gasteiger partial charge is 1.00 e. The molecule has 0 fully saturated rings. The molecule has 0 spiro atoms. The first kappa shape index (κ1) is 35.9. The van der Waals surface area contributed by atoms with Gasteiger partial charge in [-0.3, -0.25) is 4.55 Å². The molecule has 4 rings (SSSR count). The van der Waals surface area contributed by atoms with Crippen LogP contribution in [0.5, 0.6) is 0 Å². The molecule has 4 nitrogen and oxygen atoms in total. The van der Waals surface area contributed by atoms with Crippen LogP contribution in [0.25, 0.3) is 0 Å². The standard InChI is InChI=1S/C18H15P.C15H22.Na.H2O4S/c1-4-10-16(11-5-1)19(17-12-6-2-7-13-17)18-14-8-3-9-15-18;1-6-12(2)9-10-14-13(3)8-7-11-15(14,4)5;;1-5(2,3)4/h1-15H;6,8-10H,1,7,11H2,2-5H3;;(H2,1,2,3,4)/q;;+1;/p-1/b;12-9+,14-10+;;. The van der Waals surface area contributed by atoms with Gasteiger partial charge >= 0.3 is 29.6 Å². The van der Waals surface area contributed by atoms with E-state index in [2.05, 4.69) is 143 Å². The molecule has 0 heterocycles. The predicted octanol–water partition coefficient (Wildman–Crippen LogP) is 4.26. The summed E-state index contributed by atoms with van der Waals surface area (Å²) in [5, 5.41) is 4.19. The molecule has 0 bridgehead atoms. The van der Waals surface area contributed by atoms with E-state index in [1.165, 1.54) is 45.5 Å². The fourth-order valence-electron chi connectivity index (χ4n) is 4.25. The van der Waals surface area contributed by atoms with Crippen LogP contribution >= 0.6 is 7.92 Å². The van der Waals surface area contributed by atoms with E-state index >= 15 is 0 Å². The van der Waals surface area contributed by atoms with Crippen LogP contribution in [0.3, 0.4) is 0 Å². The molecule has 206 valence electrons. The number of benzene rings is 3. The fourth-order valence-corrected chi connectivity index (χ4v) is 6.55. The van der Waals surface area contributed by atoms with E-state index in [1.807, 2.05) is 6.08 Å². The van der Waals surface area contributed by atoms with Crippen LogP contribution in [0.4, 0.5) is 0 Å². The van der Waals surface area contributed by atoms with E-state index in [-0.39, 0.29) is 29.6 Å². The summed E-state index contributed by atoms with van der Waals surface area (Å²) in [7, 11) is -5.36. The van der Waals surface area contributed by atoms with Crippen LogP contribution in [0, 0.1) is 5.41 Å². The average Bonchev–Trinajstić information content (AvgIpc) is 2.89. The minimum atomic E-state index is -4.92. The van der Waals surface area contributed by atoms with E-state index in [0.29, 0.717) is 5.41 Å². The molecule has 0 aliphatic heterocycles. The Morgan fingerprint density at radius 3 is 1.60 bits per heavy atom. The Labute approximate surface area is 264 Å². The van der Waals surface area contributed by atoms with Crippen molar-refractivity contribution < 1.29 is 47.1 Å². The minimum Gasteiger partial charge on any atom is -0.726 e. The van der Waals surface area contributed by atoms with E-state index < -0.39 is 18.3 Å². The predicted molar refractivity (Wildman–Crippen MR) is 166 cm³/mol. The van der Waals surface area contributed by atoms with E-state index in [0.717, 1.165) is 0 Å². The van der Waals surface area contributed by atoms with Crippen molar-refractivity contribution in [1.29, 1.82) is 0 Å². The summed E-state index contributed by atoms with van der Waals surface area (Å²) >= 11 is 0. The molecule has 3 aromatic carbocycles. The molecule has 0 saturated carbocycles. The van der Waals surface area contributed by atoms with Gasteiger partial charge in [0.1, 0.15) is 0 Å². The van der Waals surface area contributed by atoms with Crippen molar-refractivity contribution in [1.82, 2.24) is 0 Å². The maximum Gasteiger partial charge on any atom is 1.00 e. The van der Waals surface area contributed by atoms with E-state index in [4.69, 9.17) is 17.5 Å². The number of allylic oxidation sites excluding steroid dienone is 7. The van der Waals surface area contributed by atoms with Gasteiger partial charge in [0, 0.05) is 0 Å². The zero-order valence-corrected chi connectivity index (χ0v) is 27.8. The molecule has 0 aromatic heterocycles. The Morgan fingerprint density at radius 1 is 0.900 bits per heavy atom. The van der Waals surface area contributed by atoms with Crippen LogP contribution in [0.15, 0.2) is 139 Å². The molecule has 1 aliphatic carbocycles. The van der Waals surface area contributed by atoms with Crippen molar-refractivity contribution >= 4 is 34.2 Å². The number of hydrogen-bond donors (Lipinski definition) is 1. The van der Waals surface area contributed by atoms with Gasteiger partial charge in [-0.2, -0.15) is 0 Å². The van der Waals surface area contributed by atoms with E-state index in [1.54, 1.807) is 0 Å². The van der Waals surface area contributed by atoms with Crippen molar-refractivity contribution in [3.8, 4) is 0 Å². The monoisotopic (exact) mass is 584 g/mol. The van der Waals surface area contributed by atoms with Gasteiger partial charge in [-0.15, -0.1) is 0 Å². The maximum atomic E-state index is 8.63. The first-order valence-corrected chi connectivity index (χ1v) is 15.5. The quantitative estimate of drug-likeness (QED) is 0.160. The molecule has 1 N–H and O–H groups in total. The third-order valence-corrected chi connectivity index (χ3v) is 8.70. The SMILES string of the molecule is C=C/C(C)=C/C=C1\C(C)=CCCC1(C)C.O=S(=O)([O-])O.[Na+].c1ccc(P(c2ccccc2)c2ccccc2)cc1. The molecular weight excluding hydrogens is 546 g/mol. The van der Waals surface area contributed by atoms with Gasteiger partial charge in [-0.1, -0.05) is 147 Å². The summed E-state index contributed by atoms with van der Waals surface area (Å²) in [6.45, 7) is 12.7. The summed E-state index contributed by atoms with van der Waals surface area (Å²) in [5.74, 6) is 0. The Hall–Kier alpha value is -2.08. The maximum absolute atomic E-state index is 8.63. The third-order valence-electron chi connectivity index (χ3n) is 6.25. The summed E-state index contributed by atoms with van der Waals surface area (Å²) in [6.07, 6.45) is 11.1. The molecule has 0 amide bonds. The zero-order chi connectivity index (χ0) is 28.9. The van der Waals surface area contributed by atoms with Crippen molar-refractivity contribution in [2.24, 2.45) is 5.41 Å². The van der Waals surface area contributed by atoms with Gasteiger partial charge in [0.2, 0.25) is 10.4 Å². The van der Waals surface area contributed by atoms with Crippen molar-refractivity contribution in [2.45, 2.75) is 40.5 Å². The molecule has 0 atom stereocenters. The molecular formula is C33H38NaO4PS. The van der Waals surface area contributed by atoms with Gasteiger partial charge < -0.3 is 4.55 Å². The first-order chi connectivity index (χ1) is 18.4. The van der Waals surface area contributed by atoms with Gasteiger partial charge in [0.15, 0.2) is 0 Å². The summed E-state index contributed by atoms with van der Waals surface area (Å²) in [5.41, 5.74) is 4.43. The second-order valence-electron chi connectivity index (χ2n) is 9.77. The Morgan fingerprint density at radius 2 is 1.27 bits per heavy atom. The van der Waals surface area contributed by atoms with Crippen LogP contribution in [0.1, 0.15) is 40.5 Å². The topological polar surface area (TPSA) is 77.4 Å². The Bertz CT molecular complexity index is 1280. The molecule has 40 heavy (non-hydrogen) atoms. The van der Waals surface area contributed by atoms with Crippen LogP contribution in [-0.2, 0) is 10.4 Å². The molecule has 7 heteroatoms. The number of rotatable bonds is 5.